The molecule has 4 nitrogen and oxygen atoms in total. The number of carbonyl (C=O) groups excluding carboxylic acids is 1. The number of Topliss-reactive ketones (excluding diaryl/α,β-unsaturated/α-hetero) is 1. The predicted octanol–water partition coefficient (Wildman–Crippen LogP) is 5.73. The Bertz CT molecular complexity index is 969. The van der Waals surface area contributed by atoms with Crippen molar-refractivity contribution in [2.24, 2.45) is 17.6 Å². The summed E-state index contributed by atoms with van der Waals surface area (Å²) in [6.07, 6.45) is 4.01. The molecule has 1 aromatic heterocycles. The molecule has 7 heteroatoms. The molecule has 0 bridgehead atoms. The monoisotopic (exact) mass is 447 g/mol. The summed E-state index contributed by atoms with van der Waals surface area (Å²) < 4.78 is 40.4. The molecule has 0 spiro atoms. The lowest BCUT2D eigenvalue weighted by Gasteiger charge is -2.39. The Balaban J connectivity index is 1.52. The Morgan fingerprint density at radius 1 is 1.19 bits per heavy atom. The highest BCUT2D eigenvalue weighted by Crippen LogP contribution is 2.39. The van der Waals surface area contributed by atoms with Crippen LogP contribution in [0.15, 0.2) is 30.5 Å². The summed E-state index contributed by atoms with van der Waals surface area (Å²) >= 11 is 0. The molecule has 2 atom stereocenters. The number of alkyl halides is 3. The predicted molar refractivity (Wildman–Crippen MR) is 120 cm³/mol. The van der Waals surface area contributed by atoms with Crippen LogP contribution in [-0.4, -0.2) is 29.4 Å². The molecule has 1 aliphatic heterocycles. The normalized spacial score (nSPS) is 24.0. The molecule has 1 saturated carbocycles. The Morgan fingerprint density at radius 3 is 2.66 bits per heavy atom. The van der Waals surface area contributed by atoms with Crippen molar-refractivity contribution in [1.82, 2.24) is 4.98 Å². The SMILES string of the molecule is C[C@H]1CC(CC(=O)CC2(N)CCCCC2)CN(c2ccc(C(F)(F)F)c3ncccc23)C1. The van der Waals surface area contributed by atoms with Crippen LogP contribution in [0.25, 0.3) is 10.9 Å². The third kappa shape index (κ3) is 5.08. The second kappa shape index (κ2) is 9.00. The fraction of sp³-hybridized carbons (Fsp3) is 0.600. The number of anilines is 1. The molecule has 0 amide bonds. The molecule has 4 rings (SSSR count). The number of aromatic nitrogens is 1. The van der Waals surface area contributed by atoms with E-state index in [0.29, 0.717) is 30.7 Å². The Hall–Kier alpha value is -2.15. The second-order valence-corrected chi connectivity index (χ2v) is 9.98. The lowest BCUT2D eigenvalue weighted by molar-refractivity contribution is -0.136. The van der Waals surface area contributed by atoms with Crippen LogP contribution in [0.3, 0.4) is 0 Å². The number of benzene rings is 1. The van der Waals surface area contributed by atoms with Crippen molar-refractivity contribution >= 4 is 22.4 Å². The minimum absolute atomic E-state index is 0.0225. The molecule has 1 saturated heterocycles. The van der Waals surface area contributed by atoms with E-state index < -0.39 is 11.7 Å². The molecular weight excluding hydrogens is 415 g/mol. The van der Waals surface area contributed by atoms with Gasteiger partial charge in [0.1, 0.15) is 5.78 Å². The Kier molecular flexibility index (Phi) is 6.48. The maximum Gasteiger partial charge on any atom is 0.418 e. The van der Waals surface area contributed by atoms with Crippen LogP contribution >= 0.6 is 0 Å². The molecule has 32 heavy (non-hydrogen) atoms. The topological polar surface area (TPSA) is 59.2 Å². The van der Waals surface area contributed by atoms with Gasteiger partial charge in [0.25, 0.3) is 0 Å². The summed E-state index contributed by atoms with van der Waals surface area (Å²) in [6, 6.07) is 6.06. The zero-order chi connectivity index (χ0) is 22.9. The van der Waals surface area contributed by atoms with Crippen LogP contribution in [0.5, 0.6) is 0 Å². The van der Waals surface area contributed by atoms with Crippen molar-refractivity contribution < 1.29 is 18.0 Å². The van der Waals surface area contributed by atoms with E-state index in [1.165, 1.54) is 12.6 Å². The fourth-order valence-corrected chi connectivity index (χ4v) is 5.71. The van der Waals surface area contributed by atoms with Gasteiger partial charge >= 0.3 is 6.18 Å². The molecule has 0 radical (unpaired) electrons. The highest BCUT2D eigenvalue weighted by Gasteiger charge is 2.35. The van der Waals surface area contributed by atoms with Crippen molar-refractivity contribution in [3.8, 4) is 0 Å². The lowest BCUT2D eigenvalue weighted by atomic mass is 9.77. The van der Waals surface area contributed by atoms with Gasteiger partial charge in [0.15, 0.2) is 0 Å². The van der Waals surface area contributed by atoms with Crippen LogP contribution < -0.4 is 10.6 Å². The number of hydrogen-bond acceptors (Lipinski definition) is 4. The first-order valence-corrected chi connectivity index (χ1v) is 11.6. The quantitative estimate of drug-likeness (QED) is 0.636. The zero-order valence-corrected chi connectivity index (χ0v) is 18.6. The average Bonchev–Trinajstić information content (AvgIpc) is 2.71. The highest BCUT2D eigenvalue weighted by molar-refractivity contribution is 5.94. The van der Waals surface area contributed by atoms with Gasteiger partial charge in [-0.15, -0.1) is 0 Å². The van der Waals surface area contributed by atoms with Gasteiger partial charge in [-0.1, -0.05) is 26.2 Å². The first kappa shape index (κ1) is 23.0. The summed E-state index contributed by atoms with van der Waals surface area (Å²) in [6.45, 7) is 3.55. The van der Waals surface area contributed by atoms with Gasteiger partial charge in [-0.05, 0) is 55.4 Å². The number of piperidine rings is 1. The maximum absolute atomic E-state index is 13.5. The lowest BCUT2D eigenvalue weighted by Crippen LogP contribution is -2.45. The van der Waals surface area contributed by atoms with Crippen LogP contribution in [0.2, 0.25) is 0 Å². The summed E-state index contributed by atoms with van der Waals surface area (Å²) in [5.41, 5.74) is 6.16. The number of nitrogens with two attached hydrogens (primary N) is 1. The van der Waals surface area contributed by atoms with E-state index in [4.69, 9.17) is 5.73 Å². The molecule has 2 N–H and O–H groups in total. The van der Waals surface area contributed by atoms with Crippen molar-refractivity contribution in [2.45, 2.75) is 70.0 Å². The van der Waals surface area contributed by atoms with E-state index in [2.05, 4.69) is 16.8 Å². The van der Waals surface area contributed by atoms with E-state index in [0.717, 1.165) is 50.4 Å². The smallest absolute Gasteiger partial charge is 0.370 e. The number of halogens is 3. The third-order valence-electron chi connectivity index (χ3n) is 7.05. The number of hydrogen-bond donors (Lipinski definition) is 1. The van der Waals surface area contributed by atoms with Gasteiger partial charge in [0.2, 0.25) is 0 Å². The molecule has 2 aromatic rings. The largest absolute Gasteiger partial charge is 0.418 e. The zero-order valence-electron chi connectivity index (χ0n) is 18.6. The molecule has 2 fully saturated rings. The molecule has 1 aliphatic carbocycles. The van der Waals surface area contributed by atoms with E-state index >= 15 is 0 Å². The van der Waals surface area contributed by atoms with Crippen LogP contribution in [-0.2, 0) is 11.0 Å². The number of rotatable bonds is 5. The van der Waals surface area contributed by atoms with Crippen molar-refractivity contribution in [2.75, 3.05) is 18.0 Å². The molecule has 174 valence electrons. The van der Waals surface area contributed by atoms with Gasteiger partial charge in [-0.25, -0.2) is 0 Å². The third-order valence-corrected chi connectivity index (χ3v) is 7.05. The first-order chi connectivity index (χ1) is 15.1. The van der Waals surface area contributed by atoms with Gasteiger partial charge in [-0.2, -0.15) is 13.2 Å². The molecule has 2 heterocycles. The van der Waals surface area contributed by atoms with Gasteiger partial charge in [0, 0.05) is 48.7 Å². The van der Waals surface area contributed by atoms with Gasteiger partial charge < -0.3 is 10.6 Å². The summed E-state index contributed by atoms with van der Waals surface area (Å²) in [7, 11) is 0. The Labute approximate surface area is 187 Å². The molecule has 2 aliphatic rings. The first-order valence-electron chi connectivity index (χ1n) is 11.6. The number of carbonyl (C=O) groups is 1. The van der Waals surface area contributed by atoms with Crippen LogP contribution in [0.4, 0.5) is 18.9 Å². The van der Waals surface area contributed by atoms with Crippen molar-refractivity contribution in [3.05, 3.63) is 36.0 Å². The number of ketones is 1. The maximum atomic E-state index is 13.5. The van der Waals surface area contributed by atoms with E-state index in [1.54, 1.807) is 18.2 Å². The van der Waals surface area contributed by atoms with E-state index in [1.807, 2.05) is 0 Å². The van der Waals surface area contributed by atoms with Crippen molar-refractivity contribution in [3.63, 3.8) is 0 Å². The molecular formula is C25H32F3N3O. The minimum atomic E-state index is -4.45. The fourth-order valence-electron chi connectivity index (χ4n) is 5.71. The van der Waals surface area contributed by atoms with E-state index in [9.17, 15) is 18.0 Å². The highest BCUT2D eigenvalue weighted by atomic mass is 19.4. The van der Waals surface area contributed by atoms with E-state index in [-0.39, 0.29) is 22.8 Å². The number of nitrogens with zero attached hydrogens (tertiary/aromatic N) is 2. The molecule has 1 aromatic carbocycles. The van der Waals surface area contributed by atoms with Crippen LogP contribution in [0.1, 0.15) is 63.9 Å². The number of pyridine rings is 1. The summed E-state index contributed by atoms with van der Waals surface area (Å²) in [4.78, 5) is 19.0. The summed E-state index contributed by atoms with van der Waals surface area (Å²) in [5, 5.41) is 0.504. The Morgan fingerprint density at radius 2 is 1.94 bits per heavy atom. The standard InChI is InChI=1S/C25H32F3N3O/c1-17-12-18(13-19(32)14-24(29)9-3-2-4-10-24)16-31(15-17)22-8-7-21(25(26,27)28)23-20(22)6-5-11-30-23/h5-8,11,17-18H,2-4,9-10,12-16,29H2,1H3/t17-,18?/m0/s1. The minimum Gasteiger partial charge on any atom is -0.370 e. The average molecular weight is 448 g/mol. The van der Waals surface area contributed by atoms with Gasteiger partial charge in [-0.3, -0.25) is 9.78 Å². The van der Waals surface area contributed by atoms with Gasteiger partial charge in [0.05, 0.1) is 11.1 Å². The summed E-state index contributed by atoms with van der Waals surface area (Å²) in [5.74, 6) is 0.733. The van der Waals surface area contributed by atoms with Crippen LogP contribution in [0, 0.1) is 11.8 Å². The van der Waals surface area contributed by atoms with Crippen molar-refractivity contribution in [1.29, 1.82) is 0 Å². The number of fused-ring (bicyclic) bond motifs is 1. The molecule has 1 unspecified atom stereocenters. The second-order valence-electron chi connectivity index (χ2n) is 9.98.